The predicted octanol–water partition coefficient (Wildman–Crippen LogP) is 3.20. The maximum absolute atomic E-state index is 13.3. The molecule has 1 saturated carbocycles. The molecule has 0 radical (unpaired) electrons. The first-order valence-electron chi connectivity index (χ1n) is 15.6. The molecule has 12 nitrogen and oxygen atoms in total. The van der Waals surface area contributed by atoms with Crippen molar-refractivity contribution in [3.8, 4) is 5.75 Å². The Kier molecular flexibility index (Phi) is 11.3. The molecule has 2 aliphatic heterocycles. The van der Waals surface area contributed by atoms with Gasteiger partial charge in [-0.15, -0.1) is 0 Å². The molecule has 46 heavy (non-hydrogen) atoms. The minimum absolute atomic E-state index is 0. The van der Waals surface area contributed by atoms with Crippen LogP contribution in [0.4, 0.5) is 11.6 Å². The molecule has 6 rings (SSSR count). The molecule has 248 valence electrons. The van der Waals surface area contributed by atoms with Gasteiger partial charge in [-0.05, 0) is 55.0 Å². The van der Waals surface area contributed by atoms with E-state index in [9.17, 15) is 14.7 Å². The zero-order valence-corrected chi connectivity index (χ0v) is 27.8. The third-order valence-electron chi connectivity index (χ3n) is 8.78. The number of β-amino-alcohol motifs (C(OH)–C–C–N with tert-alkyl or cyclic N) is 1. The van der Waals surface area contributed by atoms with E-state index in [1.807, 2.05) is 17.0 Å². The molecular weight excluding hydrogens is 630 g/mol. The quantitative estimate of drug-likeness (QED) is 0.279. The molecule has 14 heteroatoms. The SMILES string of the molecule is CC(=O)N1CCN(c2cc(C(=O)NC[C@H](O)CN3CCc4c(ccc(OCc5cnco5)c4Cl)C3)cc(NC3CCC3)n2)CC1.S. The number of nitrogens with one attached hydrogen (secondary N) is 2. The number of nitrogens with zero attached hydrogens (tertiary/aromatic N) is 5. The van der Waals surface area contributed by atoms with Crippen LogP contribution in [0.15, 0.2) is 41.3 Å². The molecule has 1 aromatic carbocycles. The van der Waals surface area contributed by atoms with Crippen molar-refractivity contribution >= 4 is 48.5 Å². The second-order valence-corrected chi connectivity index (χ2v) is 12.4. The van der Waals surface area contributed by atoms with E-state index in [2.05, 4.69) is 25.4 Å². The van der Waals surface area contributed by atoms with Gasteiger partial charge in [-0.1, -0.05) is 17.7 Å². The van der Waals surface area contributed by atoms with Crippen LogP contribution in [0.1, 0.15) is 53.4 Å². The van der Waals surface area contributed by atoms with Crippen LogP contribution in [0.5, 0.6) is 5.75 Å². The van der Waals surface area contributed by atoms with Crippen LogP contribution in [0, 0.1) is 0 Å². The van der Waals surface area contributed by atoms with Crippen molar-refractivity contribution in [1.29, 1.82) is 0 Å². The van der Waals surface area contributed by atoms with E-state index in [0.29, 0.717) is 79.0 Å². The Balaban J connectivity index is 0.00000417. The normalized spacial score (nSPS) is 17.4. The molecule has 1 aliphatic carbocycles. The van der Waals surface area contributed by atoms with Crippen LogP contribution >= 0.6 is 25.1 Å². The molecule has 1 atom stereocenters. The number of hydrogen-bond acceptors (Lipinski definition) is 10. The first-order chi connectivity index (χ1) is 21.8. The molecule has 3 aromatic rings. The van der Waals surface area contributed by atoms with E-state index in [-0.39, 0.29) is 38.5 Å². The van der Waals surface area contributed by atoms with E-state index in [4.69, 9.17) is 25.7 Å². The van der Waals surface area contributed by atoms with Crippen molar-refractivity contribution in [3.63, 3.8) is 0 Å². The van der Waals surface area contributed by atoms with E-state index in [1.54, 1.807) is 25.3 Å². The smallest absolute Gasteiger partial charge is 0.251 e. The number of aromatic nitrogens is 2. The highest BCUT2D eigenvalue weighted by Gasteiger charge is 2.25. The summed E-state index contributed by atoms with van der Waals surface area (Å²) in [5, 5.41) is 17.8. The van der Waals surface area contributed by atoms with Crippen LogP contribution in [-0.2, 0) is 24.4 Å². The van der Waals surface area contributed by atoms with Crippen molar-refractivity contribution in [2.75, 3.05) is 56.0 Å². The molecule has 2 fully saturated rings. The zero-order valence-electron chi connectivity index (χ0n) is 26.0. The second-order valence-electron chi connectivity index (χ2n) is 12.0. The molecule has 3 aliphatic rings. The topological polar surface area (TPSA) is 136 Å². The van der Waals surface area contributed by atoms with Gasteiger partial charge in [0.05, 0.1) is 17.3 Å². The summed E-state index contributed by atoms with van der Waals surface area (Å²) >= 11 is 6.68. The summed E-state index contributed by atoms with van der Waals surface area (Å²) in [5.41, 5.74) is 2.63. The Hall–Kier alpha value is -3.52. The van der Waals surface area contributed by atoms with Crippen molar-refractivity contribution in [2.45, 2.75) is 57.9 Å². The number of amides is 2. The lowest BCUT2D eigenvalue weighted by Crippen LogP contribution is -2.48. The number of halogens is 1. The Bertz CT molecular complexity index is 1500. The molecule has 0 unspecified atom stereocenters. The van der Waals surface area contributed by atoms with Gasteiger partial charge in [0.2, 0.25) is 5.91 Å². The van der Waals surface area contributed by atoms with Gasteiger partial charge in [0.15, 0.2) is 12.2 Å². The van der Waals surface area contributed by atoms with E-state index in [1.165, 1.54) is 12.8 Å². The zero-order chi connectivity index (χ0) is 31.3. The number of pyridine rings is 1. The van der Waals surface area contributed by atoms with E-state index < -0.39 is 6.10 Å². The number of rotatable bonds is 11. The lowest BCUT2D eigenvalue weighted by atomic mass is 9.93. The fraction of sp³-hybridized carbons (Fsp3) is 0.500. The standard InChI is InChI=1S/C32H40ClN7O5.H2S/c1-21(41)39-9-11-40(12-10-39)30-14-23(13-29(37-30)36-24-3-2-4-24)32(43)35-15-25(42)18-38-8-7-27-22(17-38)5-6-28(31(27)33)44-19-26-16-34-20-45-26;/h5-6,13-14,16,20,24-25,42H,2-4,7-12,15,17-19H2,1H3,(H,35,43)(H,36,37);1H2/t25-;/m0./s1. The number of piperazine rings is 1. The van der Waals surface area contributed by atoms with Crippen LogP contribution < -0.4 is 20.3 Å². The molecule has 0 bridgehead atoms. The van der Waals surface area contributed by atoms with Gasteiger partial charge >= 0.3 is 0 Å². The average Bonchev–Trinajstić information content (AvgIpc) is 3.55. The van der Waals surface area contributed by atoms with Crippen LogP contribution in [-0.4, -0.2) is 94.6 Å². The molecule has 1 saturated heterocycles. The average molecular weight is 672 g/mol. The van der Waals surface area contributed by atoms with Gasteiger partial charge in [0.1, 0.15) is 24.0 Å². The molecular formula is C32H42ClN7O5S. The summed E-state index contributed by atoms with van der Waals surface area (Å²) < 4.78 is 11.1. The third-order valence-corrected chi connectivity index (χ3v) is 9.19. The monoisotopic (exact) mass is 671 g/mol. The first-order valence-corrected chi connectivity index (χ1v) is 16.0. The van der Waals surface area contributed by atoms with E-state index in [0.717, 1.165) is 36.9 Å². The van der Waals surface area contributed by atoms with Gasteiger partial charge in [-0.25, -0.2) is 9.97 Å². The number of carbonyl (C=O) groups excluding carboxylic acids is 2. The van der Waals surface area contributed by atoms with Crippen molar-refractivity contribution in [3.05, 3.63) is 64.3 Å². The number of anilines is 2. The third kappa shape index (κ3) is 8.24. The minimum Gasteiger partial charge on any atom is -0.484 e. The summed E-state index contributed by atoms with van der Waals surface area (Å²) in [6.07, 6.45) is 6.31. The molecule has 2 amide bonds. The van der Waals surface area contributed by atoms with Gasteiger partial charge in [-0.3, -0.25) is 14.5 Å². The van der Waals surface area contributed by atoms with Crippen LogP contribution in [0.3, 0.4) is 0 Å². The summed E-state index contributed by atoms with van der Waals surface area (Å²) in [6.45, 7) is 6.29. The Labute approximate surface area is 280 Å². The summed E-state index contributed by atoms with van der Waals surface area (Å²) in [6, 6.07) is 7.81. The number of ether oxygens (including phenoxy) is 1. The van der Waals surface area contributed by atoms with Gasteiger partial charge in [0.25, 0.3) is 5.91 Å². The Morgan fingerprint density at radius 3 is 2.67 bits per heavy atom. The molecule has 4 heterocycles. The van der Waals surface area contributed by atoms with E-state index >= 15 is 0 Å². The number of oxazole rings is 1. The van der Waals surface area contributed by atoms with Gasteiger partial charge in [0, 0.05) is 70.9 Å². The van der Waals surface area contributed by atoms with Gasteiger partial charge < -0.3 is 34.7 Å². The number of fused-ring (bicyclic) bond motifs is 1. The first kappa shape index (κ1) is 33.8. The minimum atomic E-state index is -0.746. The van der Waals surface area contributed by atoms with Gasteiger partial charge in [-0.2, -0.15) is 13.5 Å². The highest BCUT2D eigenvalue weighted by Crippen LogP contribution is 2.34. The molecule has 2 aromatic heterocycles. The predicted molar refractivity (Wildman–Crippen MR) is 180 cm³/mol. The Morgan fingerprint density at radius 1 is 1.17 bits per heavy atom. The summed E-state index contributed by atoms with van der Waals surface area (Å²) in [4.78, 5) is 39.9. The fourth-order valence-electron chi connectivity index (χ4n) is 5.95. The Morgan fingerprint density at radius 2 is 1.98 bits per heavy atom. The second kappa shape index (κ2) is 15.4. The largest absolute Gasteiger partial charge is 0.484 e. The van der Waals surface area contributed by atoms with Crippen molar-refractivity contribution in [1.82, 2.24) is 25.1 Å². The highest BCUT2D eigenvalue weighted by molar-refractivity contribution is 7.59. The summed E-state index contributed by atoms with van der Waals surface area (Å²) in [5.74, 6) is 2.42. The maximum Gasteiger partial charge on any atom is 0.251 e. The van der Waals surface area contributed by atoms with Crippen LogP contribution in [0.2, 0.25) is 5.02 Å². The number of hydrogen-bond donors (Lipinski definition) is 3. The molecule has 0 spiro atoms. The fourth-order valence-corrected chi connectivity index (χ4v) is 6.28. The van der Waals surface area contributed by atoms with Crippen LogP contribution in [0.25, 0.3) is 0 Å². The maximum atomic E-state index is 13.3. The lowest BCUT2D eigenvalue weighted by molar-refractivity contribution is -0.129. The number of benzene rings is 1. The lowest BCUT2D eigenvalue weighted by Gasteiger charge is -2.35. The highest BCUT2D eigenvalue weighted by atomic mass is 35.5. The van der Waals surface area contributed by atoms with Crippen molar-refractivity contribution < 1.29 is 23.8 Å². The molecule has 3 N–H and O–H groups in total. The number of aliphatic hydroxyl groups is 1. The van der Waals surface area contributed by atoms with Crippen molar-refractivity contribution in [2.24, 2.45) is 0 Å². The number of aliphatic hydroxyl groups excluding tert-OH is 1. The number of carbonyl (C=O) groups is 2. The summed E-state index contributed by atoms with van der Waals surface area (Å²) in [7, 11) is 0.